The zero-order valence-electron chi connectivity index (χ0n) is 13.6. The van der Waals surface area contributed by atoms with Crippen molar-refractivity contribution < 1.29 is 0 Å². The number of allylic oxidation sites excluding steroid dienone is 1. The third-order valence-corrected chi connectivity index (χ3v) is 3.89. The molecule has 0 fully saturated rings. The molecule has 2 nitrogen and oxygen atoms in total. The number of nitroso groups, excluding NO2 is 1. The second-order valence-corrected chi connectivity index (χ2v) is 5.88. The average Bonchev–Trinajstić information content (AvgIpc) is 2.47. The molecule has 0 aromatic heterocycles. The molecule has 0 aliphatic carbocycles. The first kappa shape index (κ1) is 19.3. The predicted octanol–water partition coefficient (Wildman–Crippen LogP) is 7.14. The second kappa shape index (κ2) is 18.3. The zero-order chi connectivity index (χ0) is 14.7. The van der Waals surface area contributed by atoms with Crippen LogP contribution in [0.3, 0.4) is 0 Å². The van der Waals surface area contributed by atoms with Crippen molar-refractivity contribution in [1.29, 1.82) is 0 Å². The molecule has 0 heterocycles. The van der Waals surface area contributed by atoms with Crippen molar-refractivity contribution in [3.63, 3.8) is 0 Å². The fourth-order valence-electron chi connectivity index (χ4n) is 2.57. The Kier molecular flexibility index (Phi) is 17.7. The summed E-state index contributed by atoms with van der Waals surface area (Å²) in [6, 6.07) is 0. The van der Waals surface area contributed by atoms with Gasteiger partial charge in [0, 0.05) is 0 Å². The first-order valence-corrected chi connectivity index (χ1v) is 8.89. The summed E-state index contributed by atoms with van der Waals surface area (Å²) in [5, 5.41) is 2.71. The summed E-state index contributed by atoms with van der Waals surface area (Å²) in [5.74, 6) is 0. The Bertz CT molecular complexity index is 213. The Balaban J connectivity index is 2.95. The fraction of sp³-hybridized carbons (Fsp3) is 0.889. The summed E-state index contributed by atoms with van der Waals surface area (Å²) in [4.78, 5) is 9.82. The van der Waals surface area contributed by atoms with Crippen molar-refractivity contribution in [2.24, 2.45) is 5.18 Å². The third-order valence-electron chi connectivity index (χ3n) is 3.89. The number of unbranched alkanes of at least 4 members (excludes halogenated alkanes) is 14. The van der Waals surface area contributed by atoms with E-state index in [0.717, 1.165) is 6.42 Å². The molecule has 0 aliphatic heterocycles. The Morgan fingerprint density at radius 2 is 1.05 bits per heavy atom. The fourth-order valence-corrected chi connectivity index (χ4v) is 2.57. The largest absolute Gasteiger partial charge is 0.145 e. The number of rotatable bonds is 16. The van der Waals surface area contributed by atoms with E-state index in [2.05, 4.69) is 12.1 Å². The minimum Gasteiger partial charge on any atom is -0.145 e. The number of nitrogens with zero attached hydrogens (tertiary/aromatic N) is 1. The highest BCUT2D eigenvalue weighted by Crippen LogP contribution is 2.13. The lowest BCUT2D eigenvalue weighted by Gasteiger charge is -2.02. The molecule has 0 aliphatic rings. The van der Waals surface area contributed by atoms with Crippen LogP contribution in [0.15, 0.2) is 17.5 Å². The molecule has 0 saturated heterocycles. The van der Waals surface area contributed by atoms with Gasteiger partial charge in [0.05, 0.1) is 6.20 Å². The van der Waals surface area contributed by atoms with E-state index in [0.29, 0.717) is 0 Å². The van der Waals surface area contributed by atoms with Crippen LogP contribution in [0.1, 0.15) is 103 Å². The summed E-state index contributed by atoms with van der Waals surface area (Å²) >= 11 is 0. The van der Waals surface area contributed by atoms with Gasteiger partial charge in [0.25, 0.3) is 0 Å². The van der Waals surface area contributed by atoms with E-state index < -0.39 is 0 Å². The predicted molar refractivity (Wildman–Crippen MR) is 89.9 cm³/mol. The van der Waals surface area contributed by atoms with E-state index in [4.69, 9.17) is 0 Å². The van der Waals surface area contributed by atoms with E-state index in [1.807, 2.05) is 6.08 Å². The number of hydrogen-bond acceptors (Lipinski definition) is 2. The minimum absolute atomic E-state index is 1.00. The van der Waals surface area contributed by atoms with Gasteiger partial charge in [-0.2, -0.15) is 0 Å². The SMILES string of the molecule is CCCCCCCCCCCCCCCCC=CN=O. The first-order valence-electron chi connectivity index (χ1n) is 8.89. The number of hydrogen-bond donors (Lipinski definition) is 0. The van der Waals surface area contributed by atoms with Crippen LogP contribution in [0.25, 0.3) is 0 Å². The van der Waals surface area contributed by atoms with Gasteiger partial charge in [0.1, 0.15) is 0 Å². The third kappa shape index (κ3) is 17.3. The second-order valence-electron chi connectivity index (χ2n) is 5.88. The molecule has 0 atom stereocenters. The molecule has 0 N–H and O–H groups in total. The molecule has 0 aromatic carbocycles. The van der Waals surface area contributed by atoms with Gasteiger partial charge in [-0.15, -0.1) is 4.91 Å². The maximum atomic E-state index is 9.82. The smallest absolute Gasteiger partial charge is 0.0675 e. The summed E-state index contributed by atoms with van der Waals surface area (Å²) < 4.78 is 0. The van der Waals surface area contributed by atoms with Gasteiger partial charge in [-0.05, 0) is 18.0 Å². The lowest BCUT2D eigenvalue weighted by atomic mass is 10.0. The van der Waals surface area contributed by atoms with Gasteiger partial charge in [-0.25, -0.2) is 0 Å². The molecular weight excluding hydrogens is 246 g/mol. The van der Waals surface area contributed by atoms with Gasteiger partial charge < -0.3 is 0 Å². The van der Waals surface area contributed by atoms with Gasteiger partial charge in [-0.3, -0.25) is 0 Å². The topological polar surface area (TPSA) is 29.4 Å². The summed E-state index contributed by atoms with van der Waals surface area (Å²) in [5.41, 5.74) is 0. The molecule has 0 aromatic rings. The lowest BCUT2D eigenvalue weighted by Crippen LogP contribution is -1.83. The van der Waals surface area contributed by atoms with Crippen LogP contribution < -0.4 is 0 Å². The van der Waals surface area contributed by atoms with Crippen LogP contribution in [-0.2, 0) is 0 Å². The normalized spacial score (nSPS) is 11.2. The Hall–Kier alpha value is -0.660. The van der Waals surface area contributed by atoms with Gasteiger partial charge in [0.2, 0.25) is 0 Å². The highest BCUT2D eigenvalue weighted by Gasteiger charge is 1.93. The van der Waals surface area contributed by atoms with Crippen molar-refractivity contribution >= 4 is 0 Å². The highest BCUT2D eigenvalue weighted by molar-refractivity contribution is 4.78. The molecule has 0 amide bonds. The Labute approximate surface area is 126 Å². The molecule has 118 valence electrons. The summed E-state index contributed by atoms with van der Waals surface area (Å²) in [7, 11) is 0. The molecule has 20 heavy (non-hydrogen) atoms. The summed E-state index contributed by atoms with van der Waals surface area (Å²) in [6.45, 7) is 2.28. The van der Waals surface area contributed by atoms with Gasteiger partial charge in [-0.1, -0.05) is 96.5 Å². The van der Waals surface area contributed by atoms with Crippen LogP contribution >= 0.6 is 0 Å². The van der Waals surface area contributed by atoms with E-state index in [9.17, 15) is 4.91 Å². The molecule has 0 bridgehead atoms. The van der Waals surface area contributed by atoms with Crippen LogP contribution in [0.2, 0.25) is 0 Å². The standard InChI is InChI=1S/C18H35NO/c1-2-3-4-5-6-7-8-9-10-11-12-13-14-15-16-17-18-19-20/h17-18H,2-16H2,1H3. The molecule has 2 heteroatoms. The van der Waals surface area contributed by atoms with E-state index in [1.54, 1.807) is 0 Å². The van der Waals surface area contributed by atoms with Crippen molar-refractivity contribution in [2.75, 3.05) is 0 Å². The zero-order valence-corrected chi connectivity index (χ0v) is 13.6. The Morgan fingerprint density at radius 1 is 0.650 bits per heavy atom. The molecule has 0 rings (SSSR count). The quantitative estimate of drug-likeness (QED) is 0.218. The molecule has 0 radical (unpaired) electrons. The van der Waals surface area contributed by atoms with E-state index >= 15 is 0 Å². The Morgan fingerprint density at radius 3 is 1.45 bits per heavy atom. The average molecular weight is 281 g/mol. The summed E-state index contributed by atoms with van der Waals surface area (Å²) in [6.07, 6.45) is 23.7. The maximum absolute atomic E-state index is 9.82. The first-order chi connectivity index (χ1) is 9.91. The van der Waals surface area contributed by atoms with E-state index in [-0.39, 0.29) is 0 Å². The van der Waals surface area contributed by atoms with Gasteiger partial charge in [0.15, 0.2) is 0 Å². The van der Waals surface area contributed by atoms with Crippen molar-refractivity contribution in [2.45, 2.75) is 103 Å². The molecular formula is C18H35NO. The molecule has 0 spiro atoms. The van der Waals surface area contributed by atoms with Crippen LogP contribution in [0, 0.1) is 4.91 Å². The molecule has 0 saturated carbocycles. The maximum Gasteiger partial charge on any atom is 0.0675 e. The minimum atomic E-state index is 1.00. The van der Waals surface area contributed by atoms with Gasteiger partial charge >= 0.3 is 0 Å². The molecule has 0 unspecified atom stereocenters. The lowest BCUT2D eigenvalue weighted by molar-refractivity contribution is 0.536. The highest BCUT2D eigenvalue weighted by atomic mass is 16.2. The van der Waals surface area contributed by atoms with Crippen molar-refractivity contribution in [3.05, 3.63) is 17.2 Å². The van der Waals surface area contributed by atoms with Crippen LogP contribution in [0.4, 0.5) is 0 Å². The van der Waals surface area contributed by atoms with Crippen LogP contribution in [-0.4, -0.2) is 0 Å². The van der Waals surface area contributed by atoms with E-state index in [1.165, 1.54) is 96.1 Å². The van der Waals surface area contributed by atoms with Crippen molar-refractivity contribution in [1.82, 2.24) is 0 Å². The monoisotopic (exact) mass is 281 g/mol. The van der Waals surface area contributed by atoms with Crippen LogP contribution in [0.5, 0.6) is 0 Å². The van der Waals surface area contributed by atoms with Crippen molar-refractivity contribution in [3.8, 4) is 0 Å².